The van der Waals surface area contributed by atoms with Crippen LogP contribution in [-0.4, -0.2) is 46.8 Å². The van der Waals surface area contributed by atoms with Crippen molar-refractivity contribution in [3.8, 4) is 0 Å². The number of ketones is 1. The van der Waals surface area contributed by atoms with Crippen molar-refractivity contribution in [2.24, 2.45) is 0 Å². The summed E-state index contributed by atoms with van der Waals surface area (Å²) in [4.78, 5) is 13.1. The summed E-state index contributed by atoms with van der Waals surface area (Å²) in [6.45, 7) is 26.4. The Labute approximate surface area is 180 Å². The summed E-state index contributed by atoms with van der Waals surface area (Å²) in [5, 5.41) is 0.165. The molecule has 1 heterocycles. The molecule has 2 aliphatic rings. The van der Waals surface area contributed by atoms with Gasteiger partial charge in [0.05, 0.1) is 12.2 Å². The average Bonchev–Trinajstić information content (AvgIpc) is 3.27. The van der Waals surface area contributed by atoms with Crippen molar-refractivity contribution in [3.63, 3.8) is 0 Å². The fraction of sp³-hybridized carbons (Fsp3) is 0.783. The summed E-state index contributed by atoms with van der Waals surface area (Å²) in [5.74, 6) is 0.0614. The monoisotopic (exact) mass is 438 g/mol. The first-order valence-electron chi connectivity index (χ1n) is 10.8. The van der Waals surface area contributed by atoms with Gasteiger partial charge in [0.1, 0.15) is 12.2 Å². The fourth-order valence-electron chi connectivity index (χ4n) is 2.94. The van der Waals surface area contributed by atoms with Crippen LogP contribution in [0.2, 0.25) is 36.3 Å². The van der Waals surface area contributed by atoms with E-state index in [0.717, 1.165) is 5.57 Å². The number of hydrogen-bond donors (Lipinski definition) is 0. The number of allylic oxidation sites excluding steroid dienone is 1. The number of ether oxygens (including phenoxy) is 1. The average molecular weight is 439 g/mol. The maximum atomic E-state index is 13.1. The van der Waals surface area contributed by atoms with E-state index in [4.69, 9.17) is 13.6 Å². The standard InChI is InChI=1S/C23H42O4Si2/c1-15(2)13-17(26-28(9,10)22(3,4)5)16-14-18(20-21(25-20)19(16)24)27-29(11,12)23(6,7)8/h13-14,17-18,20-21H,1-12H3/t17-,18-,20+,21-/m1/s1. The second kappa shape index (κ2) is 7.86. The lowest BCUT2D eigenvalue weighted by Crippen LogP contribution is -2.48. The summed E-state index contributed by atoms with van der Waals surface area (Å²) in [6.07, 6.45) is 3.06. The molecule has 166 valence electrons. The van der Waals surface area contributed by atoms with Gasteiger partial charge in [-0.25, -0.2) is 0 Å². The van der Waals surface area contributed by atoms with E-state index >= 15 is 0 Å². The first-order chi connectivity index (χ1) is 12.9. The predicted molar refractivity (Wildman–Crippen MR) is 125 cm³/mol. The molecule has 1 aliphatic carbocycles. The SMILES string of the molecule is CC(C)=C[C@@H](O[Si](C)(C)C(C)(C)C)C1=C[C@@H](O[Si](C)(C)C(C)(C)C)[C@@H]2O[C@@H]2C1=O. The second-order valence-electron chi connectivity index (χ2n) is 11.9. The van der Waals surface area contributed by atoms with Crippen molar-refractivity contribution >= 4 is 22.4 Å². The largest absolute Gasteiger partial charge is 0.408 e. The lowest BCUT2D eigenvalue weighted by atomic mass is 9.92. The van der Waals surface area contributed by atoms with Crippen molar-refractivity contribution < 1.29 is 18.4 Å². The van der Waals surface area contributed by atoms with Gasteiger partial charge in [0.15, 0.2) is 22.4 Å². The van der Waals surface area contributed by atoms with Crippen molar-refractivity contribution in [2.75, 3.05) is 0 Å². The number of rotatable bonds is 6. The van der Waals surface area contributed by atoms with Gasteiger partial charge >= 0.3 is 0 Å². The fourth-order valence-corrected chi connectivity index (χ4v) is 5.36. The molecule has 0 unspecified atom stereocenters. The van der Waals surface area contributed by atoms with Crippen molar-refractivity contribution in [1.29, 1.82) is 0 Å². The van der Waals surface area contributed by atoms with Gasteiger partial charge in [-0.3, -0.25) is 4.79 Å². The third kappa shape index (κ3) is 5.39. The van der Waals surface area contributed by atoms with Gasteiger partial charge in [-0.05, 0) is 56.2 Å². The Bertz CT molecular complexity index is 703. The zero-order chi connectivity index (χ0) is 22.6. The van der Waals surface area contributed by atoms with Gasteiger partial charge in [-0.15, -0.1) is 0 Å². The molecule has 0 saturated carbocycles. The summed E-state index contributed by atoms with van der Waals surface area (Å²) in [6, 6.07) is 0. The molecule has 0 amide bonds. The summed E-state index contributed by atoms with van der Waals surface area (Å²) in [7, 11) is -4.05. The van der Waals surface area contributed by atoms with Crippen LogP contribution >= 0.6 is 0 Å². The minimum Gasteiger partial charge on any atom is -0.408 e. The number of carbonyl (C=O) groups excluding carboxylic acids is 1. The van der Waals surface area contributed by atoms with Crippen LogP contribution in [0.5, 0.6) is 0 Å². The molecular formula is C23H42O4Si2. The van der Waals surface area contributed by atoms with Gasteiger partial charge in [0, 0.05) is 5.57 Å². The van der Waals surface area contributed by atoms with Gasteiger partial charge in [0.25, 0.3) is 0 Å². The Morgan fingerprint density at radius 1 is 1.03 bits per heavy atom. The van der Waals surface area contributed by atoms with Crippen LogP contribution in [0.15, 0.2) is 23.3 Å². The minimum absolute atomic E-state index is 0.0614. The molecule has 2 rings (SSSR count). The Kier molecular flexibility index (Phi) is 6.70. The van der Waals surface area contributed by atoms with Crippen molar-refractivity contribution in [2.45, 2.75) is 116 Å². The molecule has 0 bridgehead atoms. The smallest absolute Gasteiger partial charge is 0.193 e. The molecule has 6 heteroatoms. The van der Waals surface area contributed by atoms with Crippen LogP contribution in [-0.2, 0) is 18.4 Å². The van der Waals surface area contributed by atoms with Crippen molar-refractivity contribution in [3.05, 3.63) is 23.3 Å². The maximum Gasteiger partial charge on any atom is 0.193 e. The molecular weight excluding hydrogens is 396 g/mol. The quantitative estimate of drug-likeness (QED) is 0.289. The number of carbonyl (C=O) groups is 1. The maximum absolute atomic E-state index is 13.1. The first kappa shape index (κ1) is 24.7. The zero-order valence-corrected chi connectivity index (χ0v) is 22.6. The van der Waals surface area contributed by atoms with Gasteiger partial charge in [0.2, 0.25) is 0 Å². The van der Waals surface area contributed by atoms with Crippen LogP contribution in [0.3, 0.4) is 0 Å². The van der Waals surface area contributed by atoms with E-state index in [1.165, 1.54) is 0 Å². The third-order valence-corrected chi connectivity index (χ3v) is 15.9. The molecule has 1 fully saturated rings. The van der Waals surface area contributed by atoms with E-state index in [9.17, 15) is 4.79 Å². The summed E-state index contributed by atoms with van der Waals surface area (Å²) >= 11 is 0. The van der Waals surface area contributed by atoms with Gasteiger partial charge < -0.3 is 13.6 Å². The Morgan fingerprint density at radius 2 is 1.55 bits per heavy atom. The summed E-state index contributed by atoms with van der Waals surface area (Å²) in [5.41, 5.74) is 1.85. The number of epoxide rings is 1. The molecule has 0 spiro atoms. The highest BCUT2D eigenvalue weighted by Crippen LogP contribution is 2.44. The number of hydrogen-bond acceptors (Lipinski definition) is 4. The van der Waals surface area contributed by atoms with E-state index in [-0.39, 0.29) is 40.3 Å². The normalized spacial score (nSPS) is 26.6. The van der Waals surface area contributed by atoms with E-state index < -0.39 is 16.6 Å². The lowest BCUT2D eigenvalue weighted by Gasteiger charge is -2.41. The topological polar surface area (TPSA) is 48.1 Å². The summed E-state index contributed by atoms with van der Waals surface area (Å²) < 4.78 is 19.1. The molecule has 0 N–H and O–H groups in total. The van der Waals surface area contributed by atoms with E-state index in [2.05, 4.69) is 87.7 Å². The van der Waals surface area contributed by atoms with Crippen LogP contribution in [0, 0.1) is 0 Å². The second-order valence-corrected chi connectivity index (χ2v) is 21.4. The molecule has 0 aromatic heterocycles. The van der Waals surface area contributed by atoms with E-state index in [1.54, 1.807) is 0 Å². The van der Waals surface area contributed by atoms with Crippen LogP contribution in [0.1, 0.15) is 55.4 Å². The highest BCUT2D eigenvalue weighted by atomic mass is 28.4. The molecule has 0 aromatic carbocycles. The number of fused-ring (bicyclic) bond motifs is 1. The first-order valence-corrected chi connectivity index (χ1v) is 16.6. The van der Waals surface area contributed by atoms with Crippen LogP contribution < -0.4 is 0 Å². The predicted octanol–water partition coefficient (Wildman–Crippen LogP) is 6.01. The Balaban J connectivity index is 2.40. The molecule has 1 saturated heterocycles. The molecule has 1 aliphatic heterocycles. The zero-order valence-electron chi connectivity index (χ0n) is 20.6. The molecule has 29 heavy (non-hydrogen) atoms. The molecule has 4 nitrogen and oxygen atoms in total. The molecule has 0 radical (unpaired) electrons. The highest BCUT2D eigenvalue weighted by molar-refractivity contribution is 6.74. The van der Waals surface area contributed by atoms with Crippen LogP contribution in [0.4, 0.5) is 0 Å². The Hall–Kier alpha value is -0.536. The van der Waals surface area contributed by atoms with E-state index in [1.807, 2.05) is 6.08 Å². The van der Waals surface area contributed by atoms with Crippen LogP contribution in [0.25, 0.3) is 0 Å². The molecule has 4 atom stereocenters. The number of Topliss-reactive ketones (excluding diaryl/α,β-unsaturated/α-hetero) is 1. The minimum atomic E-state index is -2.07. The molecule has 0 aromatic rings. The Morgan fingerprint density at radius 3 is 2.00 bits per heavy atom. The van der Waals surface area contributed by atoms with Gasteiger partial charge in [-0.1, -0.05) is 53.2 Å². The van der Waals surface area contributed by atoms with E-state index in [0.29, 0.717) is 5.57 Å². The van der Waals surface area contributed by atoms with Gasteiger partial charge in [-0.2, -0.15) is 0 Å². The lowest BCUT2D eigenvalue weighted by molar-refractivity contribution is -0.117. The highest BCUT2D eigenvalue weighted by Gasteiger charge is 2.57. The van der Waals surface area contributed by atoms with Crippen molar-refractivity contribution in [1.82, 2.24) is 0 Å². The third-order valence-electron chi connectivity index (χ3n) is 6.99.